The molecular formula is C11H5Cl2FN2O3. The first kappa shape index (κ1) is 13.5. The molecule has 2 aromatic rings. The molecule has 19 heavy (non-hydrogen) atoms. The van der Waals surface area contributed by atoms with Crippen molar-refractivity contribution in [3.63, 3.8) is 0 Å². The third kappa shape index (κ3) is 3.10. The van der Waals surface area contributed by atoms with Gasteiger partial charge >= 0.3 is 5.97 Å². The number of aromatic nitrogens is 2. The SMILES string of the molecule is O=C(O)c1ccc(Oc2cc(Cl)nnc2Cl)cc1F. The summed E-state index contributed by atoms with van der Waals surface area (Å²) in [5, 5.41) is 15.7. The van der Waals surface area contributed by atoms with Gasteiger partial charge in [-0.3, -0.25) is 0 Å². The van der Waals surface area contributed by atoms with Crippen LogP contribution in [0.2, 0.25) is 10.3 Å². The predicted molar refractivity (Wildman–Crippen MR) is 65.5 cm³/mol. The zero-order valence-electron chi connectivity index (χ0n) is 9.10. The van der Waals surface area contributed by atoms with E-state index in [1.165, 1.54) is 12.1 Å². The Hall–Kier alpha value is -1.92. The van der Waals surface area contributed by atoms with Gasteiger partial charge in [-0.25, -0.2) is 9.18 Å². The second-order valence-corrected chi connectivity index (χ2v) is 4.12. The summed E-state index contributed by atoms with van der Waals surface area (Å²) < 4.78 is 18.7. The highest BCUT2D eigenvalue weighted by Crippen LogP contribution is 2.29. The summed E-state index contributed by atoms with van der Waals surface area (Å²) in [6.07, 6.45) is 0. The molecule has 0 unspecified atom stereocenters. The van der Waals surface area contributed by atoms with Crippen LogP contribution < -0.4 is 4.74 Å². The largest absolute Gasteiger partial charge is 0.478 e. The van der Waals surface area contributed by atoms with Crippen molar-refractivity contribution in [2.75, 3.05) is 0 Å². The molecule has 98 valence electrons. The quantitative estimate of drug-likeness (QED) is 0.940. The lowest BCUT2D eigenvalue weighted by atomic mass is 10.2. The molecule has 0 atom stereocenters. The molecule has 0 bridgehead atoms. The molecule has 0 amide bonds. The average molecular weight is 303 g/mol. The summed E-state index contributed by atoms with van der Waals surface area (Å²) in [4.78, 5) is 10.7. The molecular weight excluding hydrogens is 298 g/mol. The lowest BCUT2D eigenvalue weighted by Crippen LogP contribution is -2.00. The van der Waals surface area contributed by atoms with Crippen molar-refractivity contribution in [1.82, 2.24) is 10.2 Å². The van der Waals surface area contributed by atoms with E-state index in [2.05, 4.69) is 10.2 Å². The van der Waals surface area contributed by atoms with Crippen molar-refractivity contribution in [3.8, 4) is 11.5 Å². The monoisotopic (exact) mass is 302 g/mol. The summed E-state index contributed by atoms with van der Waals surface area (Å²) >= 11 is 11.3. The maximum absolute atomic E-state index is 13.4. The Bertz CT molecular complexity index is 652. The zero-order chi connectivity index (χ0) is 14.0. The number of rotatable bonds is 3. The molecule has 0 aliphatic carbocycles. The van der Waals surface area contributed by atoms with Crippen LogP contribution in [0.25, 0.3) is 0 Å². The molecule has 0 saturated carbocycles. The standard InChI is InChI=1S/C11H5Cl2FN2O3/c12-9-4-8(10(13)16-15-9)19-5-1-2-6(11(17)18)7(14)3-5/h1-4H,(H,17,18). The number of carbonyl (C=O) groups is 1. The van der Waals surface area contributed by atoms with Crippen LogP contribution in [0.5, 0.6) is 11.5 Å². The molecule has 0 aliphatic heterocycles. The summed E-state index contributed by atoms with van der Waals surface area (Å²) in [6, 6.07) is 4.60. The van der Waals surface area contributed by atoms with Gasteiger partial charge in [-0.05, 0) is 12.1 Å². The number of benzene rings is 1. The fourth-order valence-electron chi connectivity index (χ4n) is 1.27. The van der Waals surface area contributed by atoms with Gasteiger partial charge in [0.2, 0.25) is 0 Å². The third-order valence-corrected chi connectivity index (χ3v) is 2.53. The van der Waals surface area contributed by atoms with E-state index >= 15 is 0 Å². The van der Waals surface area contributed by atoms with E-state index in [0.29, 0.717) is 0 Å². The van der Waals surface area contributed by atoms with E-state index in [9.17, 15) is 9.18 Å². The van der Waals surface area contributed by atoms with E-state index in [4.69, 9.17) is 33.0 Å². The van der Waals surface area contributed by atoms with Crippen LogP contribution in [0.4, 0.5) is 4.39 Å². The summed E-state index contributed by atoms with van der Waals surface area (Å²) in [5.74, 6) is -2.14. The minimum atomic E-state index is -1.37. The van der Waals surface area contributed by atoms with Gasteiger partial charge in [0.1, 0.15) is 11.6 Å². The highest BCUT2D eigenvalue weighted by molar-refractivity contribution is 6.32. The van der Waals surface area contributed by atoms with Crippen molar-refractivity contribution in [3.05, 3.63) is 46.0 Å². The number of hydrogen-bond acceptors (Lipinski definition) is 4. The molecule has 8 heteroatoms. The number of ether oxygens (including phenoxy) is 1. The van der Waals surface area contributed by atoms with Crippen molar-refractivity contribution < 1.29 is 19.0 Å². The van der Waals surface area contributed by atoms with Gasteiger partial charge < -0.3 is 9.84 Å². The van der Waals surface area contributed by atoms with Gasteiger partial charge in [-0.15, -0.1) is 10.2 Å². The molecule has 1 N–H and O–H groups in total. The first-order chi connectivity index (χ1) is 8.97. The minimum absolute atomic E-state index is 0.0490. The highest BCUT2D eigenvalue weighted by Gasteiger charge is 2.12. The van der Waals surface area contributed by atoms with Crippen molar-refractivity contribution >= 4 is 29.2 Å². The van der Waals surface area contributed by atoms with Gasteiger partial charge in [0.15, 0.2) is 16.1 Å². The fraction of sp³-hybridized carbons (Fsp3) is 0. The molecule has 5 nitrogen and oxygen atoms in total. The van der Waals surface area contributed by atoms with E-state index in [1.54, 1.807) is 0 Å². The number of carboxylic acid groups (broad SMARTS) is 1. The second-order valence-electron chi connectivity index (χ2n) is 3.37. The Morgan fingerprint density at radius 1 is 1.26 bits per heavy atom. The number of carboxylic acids is 1. The lowest BCUT2D eigenvalue weighted by molar-refractivity contribution is 0.0692. The predicted octanol–water partition coefficient (Wildman–Crippen LogP) is 3.41. The Morgan fingerprint density at radius 2 is 2.00 bits per heavy atom. The van der Waals surface area contributed by atoms with Gasteiger partial charge in [0.25, 0.3) is 0 Å². The van der Waals surface area contributed by atoms with Crippen molar-refractivity contribution in [1.29, 1.82) is 0 Å². The summed E-state index contributed by atoms with van der Waals surface area (Å²) in [5.41, 5.74) is -0.454. The van der Waals surface area contributed by atoms with Gasteiger partial charge in [-0.2, -0.15) is 0 Å². The van der Waals surface area contributed by atoms with Gasteiger partial charge in [-0.1, -0.05) is 23.2 Å². The molecule has 1 heterocycles. The van der Waals surface area contributed by atoms with Crippen LogP contribution in [-0.2, 0) is 0 Å². The Kier molecular flexibility index (Phi) is 3.82. The molecule has 0 spiro atoms. The highest BCUT2D eigenvalue weighted by atomic mass is 35.5. The maximum Gasteiger partial charge on any atom is 0.338 e. The second kappa shape index (κ2) is 5.38. The number of aromatic carboxylic acids is 1. The van der Waals surface area contributed by atoms with E-state index < -0.39 is 17.3 Å². The van der Waals surface area contributed by atoms with Crippen LogP contribution in [0.15, 0.2) is 24.3 Å². The molecule has 0 aliphatic rings. The average Bonchev–Trinajstić information content (AvgIpc) is 2.33. The van der Waals surface area contributed by atoms with Crippen molar-refractivity contribution in [2.24, 2.45) is 0 Å². The maximum atomic E-state index is 13.4. The third-order valence-electron chi connectivity index (χ3n) is 2.09. The molecule has 0 saturated heterocycles. The summed E-state index contributed by atoms with van der Waals surface area (Å²) in [6.45, 7) is 0. The molecule has 1 aromatic carbocycles. The first-order valence-corrected chi connectivity index (χ1v) is 5.62. The Labute approximate surface area is 116 Å². The lowest BCUT2D eigenvalue weighted by Gasteiger charge is -2.07. The Balaban J connectivity index is 2.31. The fourth-order valence-corrected chi connectivity index (χ4v) is 1.54. The van der Waals surface area contributed by atoms with Crippen LogP contribution in [0.3, 0.4) is 0 Å². The van der Waals surface area contributed by atoms with Crippen LogP contribution in [0, 0.1) is 5.82 Å². The molecule has 2 rings (SSSR count). The van der Waals surface area contributed by atoms with Crippen LogP contribution >= 0.6 is 23.2 Å². The van der Waals surface area contributed by atoms with Crippen molar-refractivity contribution in [2.45, 2.75) is 0 Å². The summed E-state index contributed by atoms with van der Waals surface area (Å²) in [7, 11) is 0. The van der Waals surface area contributed by atoms with Crippen LogP contribution in [0.1, 0.15) is 10.4 Å². The van der Waals surface area contributed by atoms with Crippen LogP contribution in [-0.4, -0.2) is 21.3 Å². The zero-order valence-corrected chi connectivity index (χ0v) is 10.6. The number of hydrogen-bond donors (Lipinski definition) is 1. The molecule has 1 aromatic heterocycles. The van der Waals surface area contributed by atoms with Gasteiger partial charge in [0, 0.05) is 12.1 Å². The number of nitrogens with zero attached hydrogens (tertiary/aromatic N) is 2. The normalized spacial score (nSPS) is 10.3. The molecule has 0 fully saturated rings. The van der Waals surface area contributed by atoms with E-state index in [-0.39, 0.29) is 21.8 Å². The van der Waals surface area contributed by atoms with E-state index in [1.807, 2.05) is 0 Å². The minimum Gasteiger partial charge on any atom is -0.478 e. The molecule has 0 radical (unpaired) electrons. The van der Waals surface area contributed by atoms with E-state index in [0.717, 1.165) is 12.1 Å². The Morgan fingerprint density at radius 3 is 2.63 bits per heavy atom. The van der Waals surface area contributed by atoms with Gasteiger partial charge in [0.05, 0.1) is 5.56 Å². The smallest absolute Gasteiger partial charge is 0.338 e. The number of halogens is 3. The first-order valence-electron chi connectivity index (χ1n) is 4.87. The topological polar surface area (TPSA) is 72.3 Å².